The number of rotatable bonds is 14. The van der Waals surface area contributed by atoms with E-state index >= 15 is 0 Å². The fourth-order valence-corrected chi connectivity index (χ4v) is 8.15. The van der Waals surface area contributed by atoms with E-state index < -0.39 is 9.85 Å². The molecule has 7 aromatic rings. The van der Waals surface area contributed by atoms with Gasteiger partial charge in [-0.15, -0.1) is 11.3 Å². The smallest absolute Gasteiger partial charge is 0.329 e. The Morgan fingerprint density at radius 1 is 0.851 bits per heavy atom. The zero-order chi connectivity index (χ0) is 48.6. The summed E-state index contributed by atoms with van der Waals surface area (Å²) in [5.74, 6) is 2.52. The minimum atomic E-state index is -0.656. The average Bonchev–Trinajstić information content (AvgIpc) is 4.05. The number of fused-ring (bicyclic) bond motifs is 2. The molecule has 0 aliphatic carbocycles. The van der Waals surface area contributed by atoms with Crippen molar-refractivity contribution >= 4 is 90.3 Å². The predicted molar refractivity (Wildman–Crippen MR) is 261 cm³/mol. The van der Waals surface area contributed by atoms with Crippen molar-refractivity contribution in [3.05, 3.63) is 101 Å². The summed E-state index contributed by atoms with van der Waals surface area (Å²) in [6.07, 6.45) is 1.85. The van der Waals surface area contributed by atoms with Crippen molar-refractivity contribution in [3.8, 4) is 22.9 Å². The van der Waals surface area contributed by atoms with E-state index in [0.29, 0.717) is 69.7 Å². The van der Waals surface area contributed by atoms with Crippen molar-refractivity contribution in [2.75, 3.05) is 90.8 Å². The lowest BCUT2D eigenvalue weighted by molar-refractivity contribution is -0.384. The van der Waals surface area contributed by atoms with E-state index in [1.54, 1.807) is 52.6 Å². The van der Waals surface area contributed by atoms with E-state index in [9.17, 15) is 20.2 Å². The minimum absolute atomic E-state index is 0.0116. The highest BCUT2D eigenvalue weighted by Gasteiger charge is 2.24. The standard InChI is InChI=1S/C24H25N7O2S.C9H12ClN3O3.C6H4Cl2N2O2.C3H9NO/c1-15-11-19-21(24(27-15)30-5-9-33-10-6-30)29-23(31(19)7-8-32-2)18-13-25-22(28-18)16-3-4-20-17(12-16)26-14-34-20;1-6-5-7(11-3-4-16-2)8(13(14)15)9(10)12-6;1-3-2-4(7)5(10(11)12)6(8)9-3;1-5-3-2-4/h3-4,11-14H,5-10H2,1-2H3,(H,25,28);5H,3-4H2,1-2H3,(H,11,12);2H,1H3;2-4H2,1H3. The SMILES string of the molecule is COCCN.COCCNc1cc(C)nc(Cl)c1[N+](=O)[O-].COCCn1c(-c2cnc(-c3ccc4scnc4c3)[nH]2)nc2c(N3CCOCC3)nc(C)cc21.Cc1cc(Cl)c([N+](=O)[O-])c(Cl)n1. The number of aryl methyl sites for hydroxylation is 3. The highest BCUT2D eigenvalue weighted by molar-refractivity contribution is 7.16. The van der Waals surface area contributed by atoms with E-state index in [0.717, 1.165) is 68.8 Å². The molecule has 0 atom stereocenters. The van der Waals surface area contributed by atoms with Gasteiger partial charge in [0.25, 0.3) is 0 Å². The van der Waals surface area contributed by atoms with Crippen molar-refractivity contribution in [2.45, 2.75) is 27.3 Å². The number of benzene rings is 1. The van der Waals surface area contributed by atoms with Gasteiger partial charge in [0.15, 0.2) is 11.6 Å². The van der Waals surface area contributed by atoms with Gasteiger partial charge >= 0.3 is 11.4 Å². The van der Waals surface area contributed by atoms with Crippen LogP contribution in [-0.2, 0) is 25.5 Å². The predicted octanol–water partition coefficient (Wildman–Crippen LogP) is 8.10. The maximum atomic E-state index is 10.8. The second-order valence-electron chi connectivity index (χ2n) is 14.4. The van der Waals surface area contributed by atoms with Gasteiger partial charge in [0.1, 0.15) is 27.7 Å². The van der Waals surface area contributed by atoms with Gasteiger partial charge in [-0.3, -0.25) is 20.2 Å². The van der Waals surface area contributed by atoms with E-state index in [1.165, 1.54) is 6.07 Å². The molecule has 1 aliphatic heterocycles. The molecule has 8 rings (SSSR count). The number of H-pyrrole nitrogens is 1. The Morgan fingerprint density at radius 2 is 1.51 bits per heavy atom. The normalized spacial score (nSPS) is 12.2. The lowest BCUT2D eigenvalue weighted by Gasteiger charge is -2.28. The molecule has 1 fully saturated rings. The molecule has 1 aromatic carbocycles. The van der Waals surface area contributed by atoms with Crippen LogP contribution in [0.4, 0.5) is 22.9 Å². The van der Waals surface area contributed by atoms with Crippen LogP contribution in [0, 0.1) is 41.0 Å². The molecule has 0 spiro atoms. The van der Waals surface area contributed by atoms with Crippen LogP contribution >= 0.6 is 46.1 Å². The third kappa shape index (κ3) is 13.9. The van der Waals surface area contributed by atoms with Crippen molar-refractivity contribution in [3.63, 3.8) is 0 Å². The molecule has 0 amide bonds. The fourth-order valence-electron chi connectivity index (χ4n) is 6.52. The number of nitrogens with zero attached hydrogens (tertiary/aromatic N) is 10. The summed E-state index contributed by atoms with van der Waals surface area (Å²) in [6, 6.07) is 11.3. The van der Waals surface area contributed by atoms with Crippen LogP contribution in [0.1, 0.15) is 17.1 Å². The maximum Gasteiger partial charge on any atom is 0.329 e. The molecular formula is C42H50Cl3N13O8S. The first-order chi connectivity index (χ1) is 32.2. The summed E-state index contributed by atoms with van der Waals surface area (Å²) >= 11 is 18.4. The lowest BCUT2D eigenvalue weighted by atomic mass is 10.2. The van der Waals surface area contributed by atoms with Gasteiger partial charge in [-0.2, -0.15) is 0 Å². The first-order valence-corrected chi connectivity index (χ1v) is 22.5. The number of hydrogen-bond donors (Lipinski definition) is 3. The molecule has 6 aromatic heterocycles. The topological polar surface area (TPSA) is 263 Å². The van der Waals surface area contributed by atoms with Crippen molar-refractivity contribution in [2.24, 2.45) is 5.73 Å². The van der Waals surface area contributed by atoms with Gasteiger partial charge in [0, 0.05) is 76.7 Å². The first-order valence-electron chi connectivity index (χ1n) is 20.5. The van der Waals surface area contributed by atoms with Crippen LogP contribution in [0.2, 0.25) is 15.3 Å². The highest BCUT2D eigenvalue weighted by Crippen LogP contribution is 2.34. The third-order valence-electron chi connectivity index (χ3n) is 9.52. The van der Waals surface area contributed by atoms with Gasteiger partial charge in [0.05, 0.1) is 70.3 Å². The number of thiazole rings is 1. The number of aromatic amines is 1. The van der Waals surface area contributed by atoms with Gasteiger partial charge < -0.3 is 44.4 Å². The molecule has 4 N–H and O–H groups in total. The summed E-state index contributed by atoms with van der Waals surface area (Å²) in [5.41, 5.74) is 13.6. The molecule has 0 bridgehead atoms. The number of nitro groups is 2. The monoisotopic (exact) mass is 1000 g/mol. The largest absolute Gasteiger partial charge is 0.383 e. The number of morpholine rings is 1. The number of nitrogens with two attached hydrogens (primary N) is 1. The second-order valence-corrected chi connectivity index (χ2v) is 16.4. The Morgan fingerprint density at radius 3 is 2.13 bits per heavy atom. The average molecular weight is 1000 g/mol. The van der Waals surface area contributed by atoms with Crippen LogP contribution < -0.4 is 16.0 Å². The summed E-state index contributed by atoms with van der Waals surface area (Å²) in [6.45, 7) is 11.9. The van der Waals surface area contributed by atoms with Crippen LogP contribution in [0.5, 0.6) is 0 Å². The number of anilines is 2. The number of ether oxygens (including phenoxy) is 4. The Kier molecular flexibility index (Phi) is 19.9. The fraction of sp³-hybridized carbons (Fsp3) is 0.381. The molecule has 1 saturated heterocycles. The molecule has 0 unspecified atom stereocenters. The van der Waals surface area contributed by atoms with Crippen LogP contribution in [0.3, 0.4) is 0 Å². The van der Waals surface area contributed by atoms with Gasteiger partial charge in [0.2, 0.25) is 10.3 Å². The molecule has 0 saturated carbocycles. The summed E-state index contributed by atoms with van der Waals surface area (Å²) in [4.78, 5) is 52.3. The summed E-state index contributed by atoms with van der Waals surface area (Å²) in [5, 5.41) is 23.8. The molecule has 21 nitrogen and oxygen atoms in total. The van der Waals surface area contributed by atoms with Crippen LogP contribution in [0.25, 0.3) is 44.2 Å². The van der Waals surface area contributed by atoms with Gasteiger partial charge in [-0.25, -0.2) is 29.9 Å². The number of pyridine rings is 3. The number of methoxy groups -OCH3 is 3. The van der Waals surface area contributed by atoms with Crippen LogP contribution in [0.15, 0.2) is 48.1 Å². The quantitative estimate of drug-likeness (QED) is 0.0402. The molecule has 0 radical (unpaired) electrons. The van der Waals surface area contributed by atoms with Gasteiger partial charge in [-0.05, 0) is 57.2 Å². The van der Waals surface area contributed by atoms with Crippen molar-refractivity contribution in [1.29, 1.82) is 0 Å². The number of aromatic nitrogens is 8. The molecule has 7 heterocycles. The Hall–Kier alpha value is -5.69. The van der Waals surface area contributed by atoms with Crippen LogP contribution in [-0.4, -0.2) is 130 Å². The number of hydrogen-bond acceptors (Lipinski definition) is 18. The zero-order valence-electron chi connectivity index (χ0n) is 37.5. The van der Waals surface area contributed by atoms with Crippen molar-refractivity contribution < 1.29 is 28.8 Å². The summed E-state index contributed by atoms with van der Waals surface area (Å²) < 4.78 is 23.7. The Bertz CT molecular complexity index is 2740. The van der Waals surface area contributed by atoms with Gasteiger partial charge in [-0.1, -0.05) is 34.8 Å². The molecule has 1 aliphatic rings. The number of imidazole rings is 2. The zero-order valence-corrected chi connectivity index (χ0v) is 40.6. The van der Waals surface area contributed by atoms with E-state index in [-0.39, 0.29) is 26.7 Å². The van der Waals surface area contributed by atoms with E-state index in [4.69, 9.17) is 64.7 Å². The highest BCUT2D eigenvalue weighted by atomic mass is 35.5. The molecule has 67 heavy (non-hydrogen) atoms. The Balaban J connectivity index is 0.000000210. The number of halogens is 3. The molecule has 358 valence electrons. The first kappa shape index (κ1) is 52.3. The Labute approximate surface area is 404 Å². The minimum Gasteiger partial charge on any atom is -0.383 e. The molecule has 25 heteroatoms. The third-order valence-corrected chi connectivity index (χ3v) is 11.1. The number of nitrogens with one attached hydrogen (secondary N) is 2. The lowest BCUT2D eigenvalue weighted by Crippen LogP contribution is -2.37. The van der Waals surface area contributed by atoms with E-state index in [2.05, 4.69) is 68.7 Å². The molecular weight excluding hydrogens is 953 g/mol. The maximum absolute atomic E-state index is 10.8. The second kappa shape index (κ2) is 25.4. The van der Waals surface area contributed by atoms with E-state index in [1.807, 2.05) is 18.6 Å². The van der Waals surface area contributed by atoms with Crippen molar-refractivity contribution in [1.82, 2.24) is 39.5 Å². The summed E-state index contributed by atoms with van der Waals surface area (Å²) in [7, 11) is 4.90.